The number of aromatic nitrogens is 1. The first-order chi connectivity index (χ1) is 12.8. The largest absolute Gasteiger partial charge is 0.352 e. The number of fused-ring (bicyclic) bond motifs is 2. The Kier molecular flexibility index (Phi) is 3.86. The summed E-state index contributed by atoms with van der Waals surface area (Å²) in [6.45, 7) is 0.794. The lowest BCUT2D eigenvalue weighted by molar-refractivity contribution is 0.0952. The van der Waals surface area contributed by atoms with Gasteiger partial charge in [0.25, 0.3) is 5.91 Å². The SMILES string of the molecule is O=C(NCC1CC1)c1c2c(nc3ccccc13)/C(=C/c1cccs1)CC2. The third-order valence-electron chi connectivity index (χ3n) is 5.28. The Morgan fingerprint density at radius 2 is 2.08 bits per heavy atom. The first kappa shape index (κ1) is 15.8. The Balaban J connectivity index is 1.62. The standard InChI is InChI=1S/C22H20N2OS/c25-22(23-13-14-7-8-14)20-17-5-1-2-6-19(17)24-21-15(9-10-18(20)21)12-16-4-3-11-26-16/h1-6,11-12,14H,7-10,13H2,(H,23,25)/b15-12+. The van der Waals surface area contributed by atoms with Crippen molar-refractivity contribution in [3.05, 3.63) is 63.5 Å². The Bertz CT molecular complexity index is 1020. The first-order valence-electron chi connectivity index (χ1n) is 9.24. The van der Waals surface area contributed by atoms with Crippen LogP contribution in [0.4, 0.5) is 0 Å². The van der Waals surface area contributed by atoms with E-state index >= 15 is 0 Å². The van der Waals surface area contributed by atoms with E-state index in [2.05, 4.69) is 28.9 Å². The number of nitrogens with one attached hydrogen (secondary N) is 1. The van der Waals surface area contributed by atoms with E-state index in [0.717, 1.165) is 47.1 Å². The van der Waals surface area contributed by atoms with E-state index in [9.17, 15) is 4.79 Å². The molecule has 0 unspecified atom stereocenters. The van der Waals surface area contributed by atoms with Crippen molar-refractivity contribution in [2.24, 2.45) is 5.92 Å². The number of nitrogens with zero attached hydrogens (tertiary/aromatic N) is 1. The number of benzene rings is 1. The van der Waals surface area contributed by atoms with Crippen LogP contribution in [0.15, 0.2) is 41.8 Å². The van der Waals surface area contributed by atoms with Gasteiger partial charge in [-0.05, 0) is 66.3 Å². The van der Waals surface area contributed by atoms with E-state index in [1.54, 1.807) is 11.3 Å². The highest BCUT2D eigenvalue weighted by atomic mass is 32.1. The molecule has 1 N–H and O–H groups in total. The topological polar surface area (TPSA) is 42.0 Å². The van der Waals surface area contributed by atoms with Gasteiger partial charge in [0.2, 0.25) is 0 Å². The number of rotatable bonds is 4. The molecule has 3 aromatic rings. The number of para-hydroxylation sites is 1. The van der Waals surface area contributed by atoms with Crippen molar-refractivity contribution in [3.8, 4) is 0 Å². The summed E-state index contributed by atoms with van der Waals surface area (Å²) in [7, 11) is 0. The fraction of sp³-hybridized carbons (Fsp3) is 0.273. The third-order valence-corrected chi connectivity index (χ3v) is 6.10. The molecule has 0 saturated heterocycles. The number of hydrogen-bond donors (Lipinski definition) is 1. The Morgan fingerprint density at radius 1 is 1.19 bits per heavy atom. The third kappa shape index (κ3) is 2.84. The fourth-order valence-corrected chi connectivity index (χ4v) is 4.41. The zero-order valence-corrected chi connectivity index (χ0v) is 15.3. The van der Waals surface area contributed by atoms with Gasteiger partial charge in [-0.3, -0.25) is 4.79 Å². The van der Waals surface area contributed by atoms with Crippen LogP contribution in [0.1, 0.15) is 45.8 Å². The fourth-order valence-electron chi connectivity index (χ4n) is 3.73. The van der Waals surface area contributed by atoms with Crippen molar-refractivity contribution in [1.82, 2.24) is 10.3 Å². The molecule has 2 aliphatic rings. The van der Waals surface area contributed by atoms with Gasteiger partial charge in [0.15, 0.2) is 0 Å². The maximum absolute atomic E-state index is 13.0. The second kappa shape index (κ2) is 6.36. The highest BCUT2D eigenvalue weighted by molar-refractivity contribution is 7.10. The van der Waals surface area contributed by atoms with E-state index < -0.39 is 0 Å². The number of amides is 1. The quantitative estimate of drug-likeness (QED) is 0.717. The number of allylic oxidation sites excluding steroid dienone is 1. The lowest BCUT2D eigenvalue weighted by Gasteiger charge is -2.12. The van der Waals surface area contributed by atoms with Crippen LogP contribution in [0.25, 0.3) is 22.6 Å². The van der Waals surface area contributed by atoms with E-state index in [4.69, 9.17) is 4.98 Å². The second-order valence-corrected chi connectivity index (χ2v) is 8.15. The number of carbonyl (C=O) groups is 1. The zero-order valence-electron chi connectivity index (χ0n) is 14.5. The van der Waals surface area contributed by atoms with Gasteiger partial charge in [-0.15, -0.1) is 11.3 Å². The molecule has 26 heavy (non-hydrogen) atoms. The van der Waals surface area contributed by atoms with Gasteiger partial charge in [-0.2, -0.15) is 0 Å². The summed E-state index contributed by atoms with van der Waals surface area (Å²) in [5, 5.41) is 6.22. The van der Waals surface area contributed by atoms with Gasteiger partial charge in [0.05, 0.1) is 16.8 Å². The molecule has 1 aromatic carbocycles. The highest BCUT2D eigenvalue weighted by Gasteiger charge is 2.28. The molecule has 5 rings (SSSR count). The van der Waals surface area contributed by atoms with Crippen LogP contribution in [0.3, 0.4) is 0 Å². The minimum atomic E-state index is 0.0594. The van der Waals surface area contributed by atoms with Gasteiger partial charge >= 0.3 is 0 Å². The van der Waals surface area contributed by atoms with Crippen LogP contribution in [0, 0.1) is 5.92 Å². The summed E-state index contributed by atoms with van der Waals surface area (Å²) in [4.78, 5) is 19.2. The van der Waals surface area contributed by atoms with Gasteiger partial charge in [0.1, 0.15) is 0 Å². The smallest absolute Gasteiger partial charge is 0.252 e. The number of thiophene rings is 1. The monoisotopic (exact) mass is 360 g/mol. The normalized spacial score (nSPS) is 17.6. The zero-order chi connectivity index (χ0) is 17.5. The van der Waals surface area contributed by atoms with Crippen molar-refractivity contribution in [1.29, 1.82) is 0 Å². The molecule has 0 aliphatic heterocycles. The molecule has 1 saturated carbocycles. The minimum absolute atomic E-state index is 0.0594. The molecule has 130 valence electrons. The maximum atomic E-state index is 13.0. The average molecular weight is 360 g/mol. The van der Waals surface area contributed by atoms with Crippen molar-refractivity contribution >= 4 is 39.8 Å². The summed E-state index contributed by atoms with van der Waals surface area (Å²) >= 11 is 1.73. The van der Waals surface area contributed by atoms with Crippen LogP contribution in [0.2, 0.25) is 0 Å². The molecule has 0 radical (unpaired) electrons. The van der Waals surface area contributed by atoms with Crippen molar-refractivity contribution < 1.29 is 4.79 Å². The molecule has 0 bridgehead atoms. The van der Waals surface area contributed by atoms with E-state index in [-0.39, 0.29) is 5.91 Å². The van der Waals surface area contributed by atoms with Gasteiger partial charge in [0, 0.05) is 16.8 Å². The van der Waals surface area contributed by atoms with Crippen molar-refractivity contribution in [2.45, 2.75) is 25.7 Å². The average Bonchev–Trinajstić information content (AvgIpc) is 3.20. The summed E-state index contributed by atoms with van der Waals surface area (Å²) < 4.78 is 0. The number of pyridine rings is 1. The van der Waals surface area contributed by atoms with Crippen LogP contribution in [-0.2, 0) is 6.42 Å². The van der Waals surface area contributed by atoms with Gasteiger partial charge in [-0.25, -0.2) is 4.98 Å². The summed E-state index contributed by atoms with van der Waals surface area (Å²) in [6.07, 6.45) is 6.53. The van der Waals surface area contributed by atoms with Crippen LogP contribution >= 0.6 is 11.3 Å². The van der Waals surface area contributed by atoms with Crippen molar-refractivity contribution in [3.63, 3.8) is 0 Å². The minimum Gasteiger partial charge on any atom is -0.352 e. The maximum Gasteiger partial charge on any atom is 0.252 e. The van der Waals surface area contributed by atoms with Gasteiger partial charge in [-0.1, -0.05) is 24.3 Å². The van der Waals surface area contributed by atoms with Crippen molar-refractivity contribution in [2.75, 3.05) is 6.54 Å². The predicted molar refractivity (Wildman–Crippen MR) is 107 cm³/mol. The first-order valence-corrected chi connectivity index (χ1v) is 10.1. The molecule has 2 heterocycles. The van der Waals surface area contributed by atoms with Crippen LogP contribution in [-0.4, -0.2) is 17.4 Å². The van der Waals surface area contributed by atoms with Gasteiger partial charge < -0.3 is 5.32 Å². The lowest BCUT2D eigenvalue weighted by atomic mass is 10.00. The predicted octanol–water partition coefficient (Wildman–Crippen LogP) is 4.92. The molecule has 2 aliphatic carbocycles. The summed E-state index contributed by atoms with van der Waals surface area (Å²) in [5.41, 5.74) is 5.10. The molecular weight excluding hydrogens is 340 g/mol. The molecule has 1 fully saturated rings. The second-order valence-electron chi connectivity index (χ2n) is 7.17. The molecule has 1 amide bonds. The van der Waals surface area contributed by atoms with E-state index in [0.29, 0.717) is 5.92 Å². The molecule has 4 heteroatoms. The van der Waals surface area contributed by atoms with E-state index in [1.807, 2.05) is 24.3 Å². The van der Waals surface area contributed by atoms with Crippen LogP contribution < -0.4 is 5.32 Å². The molecule has 3 nitrogen and oxygen atoms in total. The summed E-state index contributed by atoms with van der Waals surface area (Å²) in [5.74, 6) is 0.735. The van der Waals surface area contributed by atoms with E-state index in [1.165, 1.54) is 23.3 Å². The summed E-state index contributed by atoms with van der Waals surface area (Å²) in [6, 6.07) is 12.2. The molecular formula is C22H20N2OS. The molecule has 0 atom stereocenters. The Labute approximate surface area is 156 Å². The number of hydrogen-bond acceptors (Lipinski definition) is 3. The van der Waals surface area contributed by atoms with Crippen LogP contribution in [0.5, 0.6) is 0 Å². The molecule has 2 aromatic heterocycles. The highest BCUT2D eigenvalue weighted by Crippen LogP contribution is 2.38. The molecule has 0 spiro atoms. The lowest BCUT2D eigenvalue weighted by Crippen LogP contribution is -2.27. The Morgan fingerprint density at radius 3 is 2.88 bits per heavy atom. The Hall–Kier alpha value is -2.46. The number of carbonyl (C=O) groups excluding carboxylic acids is 1.